The average Bonchev–Trinajstić information content (AvgIpc) is 3.07. The van der Waals surface area contributed by atoms with Crippen LogP contribution in [0.4, 0.5) is 14.7 Å². The number of hydrogen-bond acceptors (Lipinski definition) is 6. The first kappa shape index (κ1) is 32.7. The van der Waals surface area contributed by atoms with E-state index in [9.17, 15) is 9.59 Å². The van der Waals surface area contributed by atoms with Crippen LogP contribution >= 0.6 is 0 Å². The van der Waals surface area contributed by atoms with Crippen molar-refractivity contribution in [1.29, 1.82) is 0 Å². The van der Waals surface area contributed by atoms with Crippen LogP contribution in [-0.4, -0.2) is 64.1 Å². The summed E-state index contributed by atoms with van der Waals surface area (Å²) in [5.74, 6) is -0.753. The van der Waals surface area contributed by atoms with E-state index < -0.39 is 22.9 Å². The van der Waals surface area contributed by atoms with E-state index in [-0.39, 0.29) is 11.6 Å². The highest BCUT2D eigenvalue weighted by Gasteiger charge is 2.29. The number of rotatable bonds is 9. The van der Waals surface area contributed by atoms with Gasteiger partial charge in [-0.15, -0.1) is 0 Å². The van der Waals surface area contributed by atoms with Gasteiger partial charge in [-0.2, -0.15) is 4.98 Å². The van der Waals surface area contributed by atoms with Gasteiger partial charge in [0.25, 0.3) is 11.5 Å². The molecule has 2 saturated heterocycles. The Hall–Kier alpha value is -4.18. The molecule has 47 heavy (non-hydrogen) atoms. The topological polar surface area (TPSA) is 83.4 Å². The quantitative estimate of drug-likeness (QED) is 0.206. The summed E-state index contributed by atoms with van der Waals surface area (Å²) in [7, 11) is 0. The first-order valence-electron chi connectivity index (χ1n) is 17.0. The lowest BCUT2D eigenvalue weighted by molar-refractivity contribution is 0.0953. The van der Waals surface area contributed by atoms with E-state index >= 15 is 8.78 Å². The standard InChI is InChI=1S/C37H44F2N6O2/c1-4-5-6-18-40-36(47)26-11-10-25(3)29(23-26)33-28-12-13-32(46)45(34-30(38)8-7-9-31(34)39)35(28)42-37(41-33)44-21-16-27(17-22-44)43-19-14-24(2)15-20-43/h7-13,23-24,27H,4-6,14-22H2,1-3H3,(H,40,47). The highest BCUT2D eigenvalue weighted by molar-refractivity contribution is 5.98. The van der Waals surface area contributed by atoms with Gasteiger partial charge in [-0.25, -0.2) is 13.8 Å². The summed E-state index contributed by atoms with van der Waals surface area (Å²) >= 11 is 0. The van der Waals surface area contributed by atoms with Crippen LogP contribution in [-0.2, 0) is 0 Å². The first-order valence-corrected chi connectivity index (χ1v) is 17.0. The minimum atomic E-state index is -0.865. The smallest absolute Gasteiger partial charge is 0.256 e. The maximum Gasteiger partial charge on any atom is 0.256 e. The van der Waals surface area contributed by atoms with Gasteiger partial charge in [0.15, 0.2) is 5.65 Å². The summed E-state index contributed by atoms with van der Waals surface area (Å²) in [5, 5.41) is 3.46. The number of aromatic nitrogens is 3. The molecule has 4 heterocycles. The Morgan fingerprint density at radius 1 is 0.936 bits per heavy atom. The van der Waals surface area contributed by atoms with Crippen LogP contribution in [0.15, 0.2) is 53.3 Å². The number of hydrogen-bond donors (Lipinski definition) is 1. The Morgan fingerprint density at radius 3 is 2.36 bits per heavy atom. The highest BCUT2D eigenvalue weighted by atomic mass is 19.1. The molecule has 0 bridgehead atoms. The van der Waals surface area contributed by atoms with Crippen molar-refractivity contribution in [3.05, 3.63) is 81.6 Å². The molecule has 2 aromatic carbocycles. The van der Waals surface area contributed by atoms with Gasteiger partial charge in [-0.05, 0) is 93.9 Å². The summed E-state index contributed by atoms with van der Waals surface area (Å²) in [4.78, 5) is 41.1. The van der Waals surface area contributed by atoms with E-state index in [2.05, 4.69) is 29.0 Å². The molecule has 2 aromatic heterocycles. The number of amides is 1. The molecule has 0 unspecified atom stereocenters. The Balaban J connectivity index is 1.44. The van der Waals surface area contributed by atoms with Crippen molar-refractivity contribution in [1.82, 2.24) is 24.8 Å². The number of anilines is 1. The molecule has 0 atom stereocenters. The van der Waals surface area contributed by atoms with E-state index in [1.165, 1.54) is 25.0 Å². The van der Waals surface area contributed by atoms with Crippen LogP contribution in [0.5, 0.6) is 0 Å². The molecule has 248 valence electrons. The first-order chi connectivity index (χ1) is 22.7. The number of likely N-dealkylation sites (tertiary alicyclic amines) is 1. The van der Waals surface area contributed by atoms with Crippen molar-refractivity contribution in [2.45, 2.75) is 71.8 Å². The summed E-state index contributed by atoms with van der Waals surface area (Å²) < 4.78 is 31.5. The number of unbranched alkanes of at least 4 members (excludes halogenated alkanes) is 2. The van der Waals surface area contributed by atoms with Crippen molar-refractivity contribution in [3.8, 4) is 16.9 Å². The number of fused-ring (bicyclic) bond motifs is 1. The lowest BCUT2D eigenvalue weighted by Gasteiger charge is -2.41. The summed E-state index contributed by atoms with van der Waals surface area (Å²) in [6.07, 6.45) is 7.33. The highest BCUT2D eigenvalue weighted by Crippen LogP contribution is 2.33. The molecule has 2 aliphatic rings. The number of nitrogens with zero attached hydrogens (tertiary/aromatic N) is 5. The maximum absolute atomic E-state index is 15.2. The fourth-order valence-corrected chi connectivity index (χ4v) is 6.89. The minimum Gasteiger partial charge on any atom is -0.352 e. The summed E-state index contributed by atoms with van der Waals surface area (Å²) in [6, 6.07) is 12.4. The fraction of sp³-hybridized carbons (Fsp3) is 0.459. The van der Waals surface area contributed by atoms with Crippen LogP contribution in [0.1, 0.15) is 74.7 Å². The molecule has 0 aliphatic carbocycles. The molecular formula is C37H44F2N6O2. The van der Waals surface area contributed by atoms with E-state index in [0.717, 1.165) is 73.4 Å². The summed E-state index contributed by atoms with van der Waals surface area (Å²) in [5.41, 5.74) is 1.58. The third-order valence-electron chi connectivity index (χ3n) is 9.80. The lowest BCUT2D eigenvalue weighted by Crippen LogP contribution is -2.48. The Bertz CT molecular complexity index is 1790. The monoisotopic (exact) mass is 642 g/mol. The predicted molar refractivity (Wildman–Crippen MR) is 182 cm³/mol. The van der Waals surface area contributed by atoms with E-state index in [1.54, 1.807) is 18.2 Å². The molecule has 2 fully saturated rings. The molecular weight excluding hydrogens is 598 g/mol. The third-order valence-corrected chi connectivity index (χ3v) is 9.80. The molecule has 10 heteroatoms. The molecule has 0 spiro atoms. The molecule has 1 N–H and O–H groups in total. The van der Waals surface area contributed by atoms with Crippen molar-refractivity contribution in [2.24, 2.45) is 5.92 Å². The van der Waals surface area contributed by atoms with Gasteiger partial charge in [-0.1, -0.05) is 38.8 Å². The zero-order valence-electron chi connectivity index (χ0n) is 27.6. The second-order valence-corrected chi connectivity index (χ2v) is 13.1. The van der Waals surface area contributed by atoms with Crippen LogP contribution in [0.2, 0.25) is 0 Å². The fourth-order valence-electron chi connectivity index (χ4n) is 6.89. The van der Waals surface area contributed by atoms with E-state index in [1.807, 2.05) is 13.0 Å². The predicted octanol–water partition coefficient (Wildman–Crippen LogP) is 6.66. The van der Waals surface area contributed by atoms with Gasteiger partial charge >= 0.3 is 0 Å². The van der Waals surface area contributed by atoms with Crippen molar-refractivity contribution < 1.29 is 13.6 Å². The second kappa shape index (κ2) is 14.3. The number of halogens is 2. The van der Waals surface area contributed by atoms with Crippen molar-refractivity contribution in [2.75, 3.05) is 37.6 Å². The van der Waals surface area contributed by atoms with Crippen molar-refractivity contribution in [3.63, 3.8) is 0 Å². The number of carbonyl (C=O) groups excluding carboxylic acids is 1. The van der Waals surface area contributed by atoms with E-state index in [4.69, 9.17) is 9.97 Å². The molecule has 8 nitrogen and oxygen atoms in total. The van der Waals surface area contributed by atoms with Gasteiger partial charge in [-0.3, -0.25) is 14.2 Å². The Labute approximate surface area is 274 Å². The molecule has 2 aliphatic heterocycles. The number of nitrogens with one attached hydrogen (secondary N) is 1. The minimum absolute atomic E-state index is 0.113. The van der Waals surface area contributed by atoms with Gasteiger partial charge in [0, 0.05) is 48.3 Å². The summed E-state index contributed by atoms with van der Waals surface area (Å²) in [6.45, 7) is 10.6. The van der Waals surface area contributed by atoms with Crippen LogP contribution in [0, 0.1) is 24.5 Å². The SMILES string of the molecule is CCCCCNC(=O)c1ccc(C)c(-c2nc(N3CCC(N4CCC(C)CC4)CC3)nc3c2ccc(=O)n3-c2c(F)cccc2F)c1. The van der Waals surface area contributed by atoms with Gasteiger partial charge in [0.05, 0.1) is 5.69 Å². The largest absolute Gasteiger partial charge is 0.352 e. The normalized spacial score (nSPS) is 16.6. The molecule has 1 amide bonds. The van der Waals surface area contributed by atoms with Gasteiger partial charge in [0.1, 0.15) is 17.3 Å². The van der Waals surface area contributed by atoms with Gasteiger partial charge < -0.3 is 15.1 Å². The maximum atomic E-state index is 15.2. The average molecular weight is 643 g/mol. The van der Waals surface area contributed by atoms with Crippen molar-refractivity contribution >= 4 is 22.9 Å². The molecule has 6 rings (SSSR count). The number of benzene rings is 2. The molecule has 4 aromatic rings. The zero-order valence-corrected chi connectivity index (χ0v) is 27.6. The van der Waals surface area contributed by atoms with E-state index in [0.29, 0.717) is 53.8 Å². The number of para-hydroxylation sites is 1. The van der Waals surface area contributed by atoms with Crippen LogP contribution in [0.3, 0.4) is 0 Å². The van der Waals surface area contributed by atoms with Crippen LogP contribution < -0.4 is 15.8 Å². The Morgan fingerprint density at radius 2 is 1.66 bits per heavy atom. The second-order valence-electron chi connectivity index (χ2n) is 13.1. The zero-order chi connectivity index (χ0) is 33.1. The molecule has 0 saturated carbocycles. The third kappa shape index (κ3) is 6.93. The lowest BCUT2D eigenvalue weighted by atomic mass is 9.95. The number of pyridine rings is 1. The Kier molecular flexibility index (Phi) is 9.96. The number of carbonyl (C=O) groups is 1. The number of aryl methyl sites for hydroxylation is 1. The van der Waals surface area contributed by atoms with Gasteiger partial charge in [0.2, 0.25) is 5.95 Å². The van der Waals surface area contributed by atoms with Crippen LogP contribution in [0.25, 0.3) is 28.0 Å². The number of piperidine rings is 2. The molecule has 0 radical (unpaired) electrons.